The number of methoxy groups -OCH3 is 1. The van der Waals surface area contributed by atoms with Gasteiger partial charge < -0.3 is 15.4 Å². The second-order valence-electron chi connectivity index (χ2n) is 4.05. The molecular formula is C14H18N4O. The molecule has 0 atom stereocenters. The fourth-order valence-corrected chi connectivity index (χ4v) is 1.65. The summed E-state index contributed by atoms with van der Waals surface area (Å²) in [4.78, 5) is 8.58. The minimum Gasteiger partial charge on any atom is -0.497 e. The summed E-state index contributed by atoms with van der Waals surface area (Å²) in [5.74, 6) is 1.49. The number of nitrogens with one attached hydrogen (secondary N) is 2. The first-order valence-corrected chi connectivity index (χ1v) is 6.18. The van der Waals surface area contributed by atoms with Gasteiger partial charge in [0, 0.05) is 31.0 Å². The predicted octanol–water partition coefficient (Wildman–Crippen LogP) is 1.78. The van der Waals surface area contributed by atoms with Crippen LogP contribution in [0, 0.1) is 0 Å². The van der Waals surface area contributed by atoms with Crippen LogP contribution in [0.4, 0.5) is 5.95 Å². The van der Waals surface area contributed by atoms with E-state index < -0.39 is 0 Å². The van der Waals surface area contributed by atoms with Gasteiger partial charge in [-0.25, -0.2) is 9.97 Å². The number of nitrogens with zero attached hydrogens (tertiary/aromatic N) is 2. The van der Waals surface area contributed by atoms with E-state index in [1.54, 1.807) is 7.11 Å². The van der Waals surface area contributed by atoms with Gasteiger partial charge in [-0.3, -0.25) is 0 Å². The Morgan fingerprint density at radius 3 is 2.26 bits per heavy atom. The molecule has 1 aromatic heterocycles. The number of hydrogen-bond acceptors (Lipinski definition) is 5. The molecule has 100 valence electrons. The van der Waals surface area contributed by atoms with Crippen molar-refractivity contribution in [2.45, 2.75) is 0 Å². The van der Waals surface area contributed by atoms with Gasteiger partial charge in [-0.1, -0.05) is 12.1 Å². The average Bonchev–Trinajstić information content (AvgIpc) is 2.48. The molecule has 0 bridgehead atoms. The Morgan fingerprint density at radius 1 is 1.00 bits per heavy atom. The van der Waals surface area contributed by atoms with Crippen LogP contribution in [0.25, 0.3) is 11.1 Å². The minimum absolute atomic E-state index is 0.646. The van der Waals surface area contributed by atoms with Crippen molar-refractivity contribution in [3.63, 3.8) is 0 Å². The molecule has 0 spiro atoms. The van der Waals surface area contributed by atoms with Gasteiger partial charge in [-0.05, 0) is 24.7 Å². The van der Waals surface area contributed by atoms with E-state index >= 15 is 0 Å². The molecule has 0 unspecified atom stereocenters. The highest BCUT2D eigenvalue weighted by Crippen LogP contribution is 2.21. The molecule has 5 nitrogen and oxygen atoms in total. The van der Waals surface area contributed by atoms with Gasteiger partial charge in [0.25, 0.3) is 0 Å². The van der Waals surface area contributed by atoms with Crippen LogP contribution in [-0.4, -0.2) is 37.2 Å². The molecular weight excluding hydrogens is 240 g/mol. The van der Waals surface area contributed by atoms with Crippen molar-refractivity contribution in [2.75, 3.05) is 32.6 Å². The second-order valence-corrected chi connectivity index (χ2v) is 4.05. The first kappa shape index (κ1) is 13.3. The van der Waals surface area contributed by atoms with E-state index in [4.69, 9.17) is 4.74 Å². The van der Waals surface area contributed by atoms with Gasteiger partial charge in [0.15, 0.2) is 0 Å². The highest BCUT2D eigenvalue weighted by Gasteiger charge is 2.00. The molecule has 0 radical (unpaired) electrons. The Morgan fingerprint density at radius 2 is 1.68 bits per heavy atom. The van der Waals surface area contributed by atoms with Gasteiger partial charge in [-0.2, -0.15) is 0 Å². The van der Waals surface area contributed by atoms with Crippen LogP contribution in [0.3, 0.4) is 0 Å². The summed E-state index contributed by atoms with van der Waals surface area (Å²) in [5.41, 5.74) is 2.06. The summed E-state index contributed by atoms with van der Waals surface area (Å²) in [5, 5.41) is 6.19. The van der Waals surface area contributed by atoms with E-state index in [1.807, 2.05) is 43.7 Å². The first-order chi connectivity index (χ1) is 9.33. The van der Waals surface area contributed by atoms with E-state index in [9.17, 15) is 0 Å². The zero-order valence-corrected chi connectivity index (χ0v) is 11.2. The maximum Gasteiger partial charge on any atom is 0.222 e. The number of anilines is 1. The maximum absolute atomic E-state index is 5.13. The topological polar surface area (TPSA) is 59.1 Å². The largest absolute Gasteiger partial charge is 0.497 e. The summed E-state index contributed by atoms with van der Waals surface area (Å²) < 4.78 is 5.13. The van der Waals surface area contributed by atoms with Crippen LogP contribution in [0.1, 0.15) is 0 Å². The standard InChI is InChI=1S/C14H18N4O/c1-15-7-8-16-14-17-9-12(10-18-14)11-3-5-13(19-2)6-4-11/h3-6,9-10,15H,7-8H2,1-2H3,(H,16,17,18). The van der Waals surface area contributed by atoms with Gasteiger partial charge in [-0.15, -0.1) is 0 Å². The van der Waals surface area contributed by atoms with Crippen molar-refractivity contribution in [1.29, 1.82) is 0 Å². The molecule has 0 fully saturated rings. The molecule has 19 heavy (non-hydrogen) atoms. The van der Waals surface area contributed by atoms with Crippen molar-refractivity contribution >= 4 is 5.95 Å². The zero-order chi connectivity index (χ0) is 13.5. The number of ether oxygens (including phenoxy) is 1. The summed E-state index contributed by atoms with van der Waals surface area (Å²) in [7, 11) is 3.57. The zero-order valence-electron chi connectivity index (χ0n) is 11.2. The Balaban J connectivity index is 2.04. The lowest BCUT2D eigenvalue weighted by Crippen LogP contribution is -2.18. The summed E-state index contributed by atoms with van der Waals surface area (Å²) >= 11 is 0. The molecule has 5 heteroatoms. The quantitative estimate of drug-likeness (QED) is 0.773. The van der Waals surface area contributed by atoms with Gasteiger partial charge in [0.1, 0.15) is 5.75 Å². The summed E-state index contributed by atoms with van der Waals surface area (Å²) in [6.45, 7) is 1.68. The monoisotopic (exact) mass is 258 g/mol. The van der Waals surface area contributed by atoms with Crippen molar-refractivity contribution in [1.82, 2.24) is 15.3 Å². The van der Waals surface area contributed by atoms with Crippen LogP contribution >= 0.6 is 0 Å². The van der Waals surface area contributed by atoms with Crippen molar-refractivity contribution in [3.8, 4) is 16.9 Å². The first-order valence-electron chi connectivity index (χ1n) is 6.18. The number of hydrogen-bond donors (Lipinski definition) is 2. The SMILES string of the molecule is CNCCNc1ncc(-c2ccc(OC)cc2)cn1. The second kappa shape index (κ2) is 6.70. The van der Waals surface area contributed by atoms with E-state index in [0.717, 1.165) is 30.0 Å². The summed E-state index contributed by atoms with van der Waals surface area (Å²) in [6.07, 6.45) is 3.63. The molecule has 0 saturated carbocycles. The van der Waals surface area contributed by atoms with Crippen LogP contribution < -0.4 is 15.4 Å². The molecule has 2 N–H and O–H groups in total. The van der Waals surface area contributed by atoms with E-state index in [-0.39, 0.29) is 0 Å². The lowest BCUT2D eigenvalue weighted by atomic mass is 10.1. The fourth-order valence-electron chi connectivity index (χ4n) is 1.65. The summed E-state index contributed by atoms with van der Waals surface area (Å²) in [6, 6.07) is 7.83. The molecule has 0 amide bonds. The maximum atomic E-state index is 5.13. The molecule has 1 aromatic carbocycles. The van der Waals surface area contributed by atoms with E-state index in [2.05, 4.69) is 20.6 Å². The molecule has 0 aliphatic carbocycles. The molecule has 0 saturated heterocycles. The lowest BCUT2D eigenvalue weighted by Gasteiger charge is -2.06. The lowest BCUT2D eigenvalue weighted by molar-refractivity contribution is 0.415. The fraction of sp³-hybridized carbons (Fsp3) is 0.286. The predicted molar refractivity (Wildman–Crippen MR) is 76.4 cm³/mol. The van der Waals surface area contributed by atoms with Gasteiger partial charge >= 0.3 is 0 Å². The minimum atomic E-state index is 0.646. The highest BCUT2D eigenvalue weighted by molar-refractivity contribution is 5.62. The van der Waals surface area contributed by atoms with Gasteiger partial charge in [0.2, 0.25) is 5.95 Å². The highest BCUT2D eigenvalue weighted by atomic mass is 16.5. The smallest absolute Gasteiger partial charge is 0.222 e. The molecule has 2 aromatic rings. The van der Waals surface area contributed by atoms with Crippen LogP contribution in [0.5, 0.6) is 5.75 Å². The number of benzene rings is 1. The third-order valence-electron chi connectivity index (χ3n) is 2.73. The Labute approximate surface area is 113 Å². The van der Waals surface area contributed by atoms with Crippen molar-refractivity contribution in [3.05, 3.63) is 36.7 Å². The van der Waals surface area contributed by atoms with E-state index in [1.165, 1.54) is 0 Å². The number of aromatic nitrogens is 2. The molecule has 1 heterocycles. The number of rotatable bonds is 6. The van der Waals surface area contributed by atoms with Crippen LogP contribution in [0.15, 0.2) is 36.7 Å². The molecule has 2 rings (SSSR count). The third kappa shape index (κ3) is 3.66. The molecule has 0 aliphatic rings. The Kier molecular flexibility index (Phi) is 4.69. The normalized spacial score (nSPS) is 10.2. The van der Waals surface area contributed by atoms with Crippen molar-refractivity contribution < 1.29 is 4.74 Å². The van der Waals surface area contributed by atoms with Crippen LogP contribution in [-0.2, 0) is 0 Å². The Hall–Kier alpha value is -2.14. The van der Waals surface area contributed by atoms with Gasteiger partial charge in [0.05, 0.1) is 7.11 Å². The van der Waals surface area contributed by atoms with E-state index in [0.29, 0.717) is 5.95 Å². The Bertz CT molecular complexity index is 496. The third-order valence-corrected chi connectivity index (χ3v) is 2.73. The van der Waals surface area contributed by atoms with Crippen molar-refractivity contribution in [2.24, 2.45) is 0 Å². The number of likely N-dealkylation sites (N-methyl/N-ethyl adjacent to an activating group) is 1. The molecule has 0 aliphatic heterocycles. The van der Waals surface area contributed by atoms with Crippen LogP contribution in [0.2, 0.25) is 0 Å². The average molecular weight is 258 g/mol.